The molecule has 7 nitrogen and oxygen atoms in total. The molecule has 0 radical (unpaired) electrons. The average Bonchev–Trinajstić information content (AvgIpc) is 3.24. The predicted molar refractivity (Wildman–Crippen MR) is 129 cm³/mol. The lowest BCUT2D eigenvalue weighted by Gasteiger charge is -2.36. The Morgan fingerprint density at radius 2 is 1.94 bits per heavy atom. The first kappa shape index (κ1) is 23.1. The molecule has 0 aliphatic carbocycles. The Morgan fingerprint density at radius 1 is 1.15 bits per heavy atom. The van der Waals surface area contributed by atoms with Crippen molar-refractivity contribution in [3.8, 4) is 11.5 Å². The Bertz CT molecular complexity index is 1140. The molecule has 2 aromatic heterocycles. The molecular formula is C26H34N4O3. The molecule has 3 heterocycles. The quantitative estimate of drug-likeness (QED) is 0.509. The van der Waals surface area contributed by atoms with Crippen LogP contribution < -0.4 is 9.47 Å². The summed E-state index contributed by atoms with van der Waals surface area (Å²) in [6.07, 6.45) is 6.83. The minimum Gasteiger partial charge on any atom is -0.493 e. The molecule has 4 rings (SSSR count). The summed E-state index contributed by atoms with van der Waals surface area (Å²) >= 11 is 0. The third-order valence-electron chi connectivity index (χ3n) is 6.58. The second-order valence-corrected chi connectivity index (χ2v) is 9.09. The van der Waals surface area contributed by atoms with Crippen molar-refractivity contribution in [3.05, 3.63) is 47.3 Å². The summed E-state index contributed by atoms with van der Waals surface area (Å²) in [6.45, 7) is 6.88. The van der Waals surface area contributed by atoms with Crippen molar-refractivity contribution in [1.82, 2.24) is 19.7 Å². The number of amides is 1. The highest BCUT2D eigenvalue weighted by Gasteiger charge is 2.29. The van der Waals surface area contributed by atoms with E-state index in [4.69, 9.17) is 14.5 Å². The molecule has 1 aromatic carbocycles. The van der Waals surface area contributed by atoms with Gasteiger partial charge in [-0.2, -0.15) is 5.10 Å². The number of aromatic nitrogens is 3. The second-order valence-electron chi connectivity index (χ2n) is 9.09. The summed E-state index contributed by atoms with van der Waals surface area (Å²) in [7, 11) is 3.30. The summed E-state index contributed by atoms with van der Waals surface area (Å²) in [5.41, 5.74) is 3.47. The van der Waals surface area contributed by atoms with Crippen LogP contribution in [0.2, 0.25) is 0 Å². The van der Waals surface area contributed by atoms with Crippen molar-refractivity contribution in [2.24, 2.45) is 0 Å². The molecular weight excluding hydrogens is 416 g/mol. The minimum atomic E-state index is 0.0798. The number of aryl methyl sites for hydroxylation is 2. The van der Waals surface area contributed by atoms with Crippen LogP contribution in [0.25, 0.3) is 11.0 Å². The maximum atomic E-state index is 13.6. The molecule has 0 N–H and O–H groups in total. The van der Waals surface area contributed by atoms with Crippen LogP contribution in [0.4, 0.5) is 0 Å². The Kier molecular flexibility index (Phi) is 6.86. The van der Waals surface area contributed by atoms with E-state index in [0.717, 1.165) is 66.9 Å². The summed E-state index contributed by atoms with van der Waals surface area (Å²) in [6, 6.07) is 8.45. The number of likely N-dealkylation sites (tertiary alicyclic amines) is 1. The van der Waals surface area contributed by atoms with Crippen molar-refractivity contribution in [2.45, 2.75) is 65.0 Å². The van der Waals surface area contributed by atoms with E-state index in [0.29, 0.717) is 5.56 Å². The zero-order valence-electron chi connectivity index (χ0n) is 20.3. The van der Waals surface area contributed by atoms with Gasteiger partial charge in [0.1, 0.15) is 0 Å². The van der Waals surface area contributed by atoms with Gasteiger partial charge in [-0.3, -0.25) is 4.79 Å². The largest absolute Gasteiger partial charge is 0.493 e. The minimum absolute atomic E-state index is 0.0798. The van der Waals surface area contributed by atoms with Crippen LogP contribution in [0.3, 0.4) is 0 Å². The summed E-state index contributed by atoms with van der Waals surface area (Å²) in [5.74, 6) is 1.55. The van der Waals surface area contributed by atoms with Gasteiger partial charge in [-0.25, -0.2) is 9.67 Å². The first-order valence-electron chi connectivity index (χ1n) is 11.8. The molecule has 0 spiro atoms. The van der Waals surface area contributed by atoms with Gasteiger partial charge in [-0.15, -0.1) is 0 Å². The van der Waals surface area contributed by atoms with Crippen molar-refractivity contribution in [3.63, 3.8) is 0 Å². The second kappa shape index (κ2) is 9.81. The fourth-order valence-electron chi connectivity index (χ4n) is 4.75. The lowest BCUT2D eigenvalue weighted by Crippen LogP contribution is -2.44. The number of rotatable bonds is 7. The molecule has 176 valence electrons. The van der Waals surface area contributed by atoms with Crippen LogP contribution >= 0.6 is 0 Å². The predicted octanol–water partition coefficient (Wildman–Crippen LogP) is 4.97. The van der Waals surface area contributed by atoms with Crippen molar-refractivity contribution in [2.75, 3.05) is 20.8 Å². The number of fused-ring (bicyclic) bond motifs is 1. The third kappa shape index (κ3) is 4.68. The number of benzene rings is 1. The van der Waals surface area contributed by atoms with Gasteiger partial charge in [0.2, 0.25) is 0 Å². The average molecular weight is 451 g/mol. The smallest absolute Gasteiger partial charge is 0.255 e. The molecule has 33 heavy (non-hydrogen) atoms. The molecule has 0 saturated carbocycles. The first-order valence-corrected chi connectivity index (χ1v) is 11.8. The Hall–Kier alpha value is -3.09. The van der Waals surface area contributed by atoms with E-state index in [9.17, 15) is 4.79 Å². The fourth-order valence-corrected chi connectivity index (χ4v) is 4.75. The third-order valence-corrected chi connectivity index (χ3v) is 6.58. The molecule has 1 aliphatic heterocycles. The number of pyridine rings is 1. The number of hydrogen-bond acceptors (Lipinski definition) is 5. The van der Waals surface area contributed by atoms with Crippen LogP contribution in [0.5, 0.6) is 11.5 Å². The van der Waals surface area contributed by atoms with Gasteiger partial charge in [0.15, 0.2) is 17.1 Å². The van der Waals surface area contributed by atoms with Gasteiger partial charge in [-0.1, -0.05) is 6.07 Å². The number of ether oxygens (including phenoxy) is 2. The Labute approximate surface area is 195 Å². The topological polar surface area (TPSA) is 69.5 Å². The zero-order chi connectivity index (χ0) is 23.5. The summed E-state index contributed by atoms with van der Waals surface area (Å²) in [4.78, 5) is 20.4. The number of carbonyl (C=O) groups is 1. The van der Waals surface area contributed by atoms with E-state index in [2.05, 4.69) is 29.9 Å². The normalized spacial score (nSPS) is 16.4. The Balaban J connectivity index is 1.53. The number of hydrogen-bond donors (Lipinski definition) is 0. The van der Waals surface area contributed by atoms with Crippen LogP contribution in [-0.4, -0.2) is 52.4 Å². The molecule has 1 atom stereocenters. The van der Waals surface area contributed by atoms with E-state index in [1.54, 1.807) is 14.2 Å². The number of carbonyl (C=O) groups excluding carboxylic acids is 1. The lowest BCUT2D eigenvalue weighted by atomic mass is 9.94. The van der Waals surface area contributed by atoms with Crippen LogP contribution in [-0.2, 0) is 6.42 Å². The number of methoxy groups -OCH3 is 2. The molecule has 0 bridgehead atoms. The number of piperidine rings is 1. The highest BCUT2D eigenvalue weighted by molar-refractivity contribution is 5.98. The standard InChI is InChI=1S/C26H34N4O3/c1-17(2)30-25-20(16-27-30)15-22(18(3)28-25)26(31)29-13-7-6-8-21(29)11-9-19-10-12-23(32-4)24(14-19)33-5/h10,12,14-17,21H,6-9,11,13H2,1-5H3. The van der Waals surface area contributed by atoms with Gasteiger partial charge in [0.25, 0.3) is 5.91 Å². The van der Waals surface area contributed by atoms with Crippen LogP contribution in [0.15, 0.2) is 30.5 Å². The molecule has 1 amide bonds. The fraction of sp³-hybridized carbons (Fsp3) is 0.500. The monoisotopic (exact) mass is 450 g/mol. The lowest BCUT2D eigenvalue weighted by molar-refractivity contribution is 0.0601. The molecule has 1 fully saturated rings. The summed E-state index contributed by atoms with van der Waals surface area (Å²) < 4.78 is 12.7. The SMILES string of the molecule is COc1ccc(CCC2CCCCN2C(=O)c2cc3cnn(C(C)C)c3nc2C)cc1OC. The Morgan fingerprint density at radius 3 is 2.67 bits per heavy atom. The van der Waals surface area contributed by atoms with Gasteiger partial charge in [0, 0.05) is 24.0 Å². The van der Waals surface area contributed by atoms with E-state index < -0.39 is 0 Å². The molecule has 3 aromatic rings. The molecule has 1 saturated heterocycles. The van der Waals surface area contributed by atoms with Crippen LogP contribution in [0, 0.1) is 6.92 Å². The molecule has 7 heteroatoms. The molecule has 1 unspecified atom stereocenters. The van der Waals surface area contributed by atoms with Gasteiger partial charge in [-0.05, 0) is 76.6 Å². The van der Waals surface area contributed by atoms with Gasteiger partial charge >= 0.3 is 0 Å². The van der Waals surface area contributed by atoms with Crippen molar-refractivity contribution >= 4 is 16.9 Å². The van der Waals surface area contributed by atoms with E-state index in [1.807, 2.05) is 36.0 Å². The van der Waals surface area contributed by atoms with Crippen molar-refractivity contribution in [1.29, 1.82) is 0 Å². The summed E-state index contributed by atoms with van der Waals surface area (Å²) in [5, 5.41) is 5.38. The van der Waals surface area contributed by atoms with Gasteiger partial charge in [0.05, 0.1) is 31.7 Å². The van der Waals surface area contributed by atoms with Gasteiger partial charge < -0.3 is 14.4 Å². The number of nitrogens with zero attached hydrogens (tertiary/aromatic N) is 4. The molecule has 1 aliphatic rings. The van der Waals surface area contributed by atoms with E-state index in [1.165, 1.54) is 5.56 Å². The first-order chi connectivity index (χ1) is 15.9. The highest BCUT2D eigenvalue weighted by atomic mass is 16.5. The van der Waals surface area contributed by atoms with E-state index >= 15 is 0 Å². The van der Waals surface area contributed by atoms with Crippen LogP contribution in [0.1, 0.15) is 67.2 Å². The zero-order valence-corrected chi connectivity index (χ0v) is 20.3. The highest BCUT2D eigenvalue weighted by Crippen LogP contribution is 2.30. The maximum absolute atomic E-state index is 13.6. The van der Waals surface area contributed by atoms with E-state index in [-0.39, 0.29) is 18.0 Å². The maximum Gasteiger partial charge on any atom is 0.255 e. The van der Waals surface area contributed by atoms with Crippen molar-refractivity contribution < 1.29 is 14.3 Å².